The molecule has 0 spiro atoms. The molecule has 0 bridgehead atoms. The summed E-state index contributed by atoms with van der Waals surface area (Å²) >= 11 is 0. The smallest absolute Gasteiger partial charge is 0.306 e. The van der Waals surface area contributed by atoms with Crippen LogP contribution in [-0.2, 0) is 31.9 Å². The molecule has 0 aromatic heterocycles. The molecule has 0 saturated heterocycles. The van der Waals surface area contributed by atoms with E-state index in [1.807, 2.05) is 0 Å². The zero-order valence-electron chi connectivity index (χ0n) is 35.1. The van der Waals surface area contributed by atoms with E-state index in [4.69, 9.17) is 9.47 Å². The quantitative estimate of drug-likeness (QED) is 0.0553. The van der Waals surface area contributed by atoms with Gasteiger partial charge in [-0.3, -0.25) is 9.59 Å². The predicted octanol–water partition coefficient (Wildman–Crippen LogP) is 12.7. The number of unbranched alkanes of at least 4 members (excludes halogenated alkanes) is 8. The highest BCUT2D eigenvalue weighted by Crippen LogP contribution is 2.24. The van der Waals surface area contributed by atoms with Crippen LogP contribution in [0.3, 0.4) is 0 Å². The van der Waals surface area contributed by atoms with Crippen LogP contribution in [0, 0.1) is 19.8 Å². The van der Waals surface area contributed by atoms with Crippen LogP contribution in [0.15, 0.2) is 48.5 Å². The lowest BCUT2D eigenvalue weighted by Crippen LogP contribution is -2.20. The first-order valence-corrected chi connectivity index (χ1v) is 21.8. The number of hydrogen-bond acceptors (Lipinski definition) is 5. The van der Waals surface area contributed by atoms with Gasteiger partial charge in [0.15, 0.2) is 0 Å². The maximum Gasteiger partial charge on any atom is 0.306 e. The van der Waals surface area contributed by atoms with Crippen LogP contribution in [0.2, 0.25) is 0 Å². The number of carbonyl (C=O) groups is 2. The molecule has 5 nitrogen and oxygen atoms in total. The van der Waals surface area contributed by atoms with Gasteiger partial charge in [0.25, 0.3) is 0 Å². The Balaban J connectivity index is 1.87. The Hall–Kier alpha value is -2.66. The van der Waals surface area contributed by atoms with Gasteiger partial charge < -0.3 is 14.4 Å². The van der Waals surface area contributed by atoms with E-state index in [-0.39, 0.29) is 24.1 Å². The minimum Gasteiger partial charge on any atom is -0.462 e. The number of ether oxygens (including phenoxy) is 2. The second-order valence-corrected chi connectivity index (χ2v) is 16.3. The lowest BCUT2D eigenvalue weighted by atomic mass is 9.91. The summed E-state index contributed by atoms with van der Waals surface area (Å²) in [4.78, 5) is 28.5. The van der Waals surface area contributed by atoms with Crippen LogP contribution in [0.1, 0.15) is 177 Å². The third-order valence-corrected chi connectivity index (χ3v) is 10.8. The van der Waals surface area contributed by atoms with Gasteiger partial charge in [-0.05, 0) is 141 Å². The molecule has 5 heteroatoms. The van der Waals surface area contributed by atoms with Gasteiger partial charge in [-0.2, -0.15) is 0 Å². The second-order valence-electron chi connectivity index (χ2n) is 16.3. The molecular formula is C48H79NO4. The summed E-state index contributed by atoms with van der Waals surface area (Å²) < 4.78 is 12.3. The molecule has 1 atom stereocenters. The Bertz CT molecular complexity index is 1130. The average molecular weight is 734 g/mol. The Morgan fingerprint density at radius 1 is 0.509 bits per heavy atom. The van der Waals surface area contributed by atoms with Crippen molar-refractivity contribution in [2.45, 2.75) is 194 Å². The molecule has 2 aromatic carbocycles. The van der Waals surface area contributed by atoms with Crippen molar-refractivity contribution in [1.82, 2.24) is 4.90 Å². The van der Waals surface area contributed by atoms with Gasteiger partial charge in [-0.25, -0.2) is 0 Å². The van der Waals surface area contributed by atoms with Crippen molar-refractivity contribution >= 4 is 11.9 Å². The molecule has 2 rings (SSSR count). The number of nitrogens with zero attached hydrogens (tertiary/aromatic N) is 1. The summed E-state index contributed by atoms with van der Waals surface area (Å²) in [5.41, 5.74) is 5.10. The first kappa shape index (κ1) is 46.5. The third-order valence-electron chi connectivity index (χ3n) is 10.8. The zero-order valence-corrected chi connectivity index (χ0v) is 35.1. The monoisotopic (exact) mass is 734 g/mol. The van der Waals surface area contributed by atoms with Gasteiger partial charge in [0.05, 0.1) is 0 Å². The number of aryl methyl sites for hydroxylation is 4. The molecule has 0 aliphatic heterocycles. The highest BCUT2D eigenvalue weighted by atomic mass is 16.5. The number of carbonyl (C=O) groups excluding carboxylic acids is 2. The highest BCUT2D eigenvalue weighted by Gasteiger charge is 2.18. The molecule has 2 aromatic rings. The Morgan fingerprint density at radius 3 is 1.32 bits per heavy atom. The van der Waals surface area contributed by atoms with E-state index in [0.29, 0.717) is 18.8 Å². The molecule has 0 radical (unpaired) electrons. The Labute approximate surface area is 326 Å². The first-order valence-electron chi connectivity index (χ1n) is 21.8. The van der Waals surface area contributed by atoms with Crippen LogP contribution in [-0.4, -0.2) is 49.7 Å². The van der Waals surface area contributed by atoms with E-state index >= 15 is 0 Å². The molecule has 0 fully saturated rings. The lowest BCUT2D eigenvalue weighted by molar-refractivity contribution is -0.150. The molecule has 1 unspecified atom stereocenters. The minimum atomic E-state index is -0.0940. The standard InChI is InChI=1S/C48H79NO4/c1-7-9-11-13-15-23-45(24-16-14-12-10-8-2)52-47(50)25-17-20-42(22-19-39-49(5)6)21-18-26-48(51)53-46(37-35-43-31-27-40(3)28-32-43)38-36-44-33-29-41(4)30-34-44/h27-34,42,45-46H,7-26,35-39H2,1-6H3. The molecular weight excluding hydrogens is 655 g/mol. The van der Waals surface area contributed by atoms with Crippen LogP contribution in [0.4, 0.5) is 0 Å². The van der Waals surface area contributed by atoms with E-state index in [1.54, 1.807) is 0 Å². The summed E-state index contributed by atoms with van der Waals surface area (Å²) in [5, 5.41) is 0. The highest BCUT2D eigenvalue weighted by molar-refractivity contribution is 5.69. The van der Waals surface area contributed by atoms with Crippen LogP contribution in [0.25, 0.3) is 0 Å². The van der Waals surface area contributed by atoms with Crippen molar-refractivity contribution in [2.75, 3.05) is 20.6 Å². The predicted molar refractivity (Wildman–Crippen MR) is 224 cm³/mol. The van der Waals surface area contributed by atoms with Crippen molar-refractivity contribution in [3.8, 4) is 0 Å². The van der Waals surface area contributed by atoms with Gasteiger partial charge in [0.2, 0.25) is 0 Å². The fourth-order valence-electron chi connectivity index (χ4n) is 7.33. The van der Waals surface area contributed by atoms with Gasteiger partial charge >= 0.3 is 11.9 Å². The Morgan fingerprint density at radius 2 is 0.906 bits per heavy atom. The summed E-state index contributed by atoms with van der Waals surface area (Å²) in [7, 11) is 4.25. The number of benzene rings is 2. The molecule has 53 heavy (non-hydrogen) atoms. The topological polar surface area (TPSA) is 55.8 Å². The van der Waals surface area contributed by atoms with Crippen molar-refractivity contribution in [3.63, 3.8) is 0 Å². The van der Waals surface area contributed by atoms with E-state index in [9.17, 15) is 9.59 Å². The summed E-state index contributed by atoms with van der Waals surface area (Å²) in [6.45, 7) is 9.78. The van der Waals surface area contributed by atoms with Crippen LogP contribution in [0.5, 0.6) is 0 Å². The average Bonchev–Trinajstić information content (AvgIpc) is 3.13. The summed E-state index contributed by atoms with van der Waals surface area (Å²) in [6, 6.07) is 17.4. The second kappa shape index (κ2) is 29.7. The largest absolute Gasteiger partial charge is 0.462 e. The van der Waals surface area contributed by atoms with Gasteiger partial charge in [0, 0.05) is 12.8 Å². The van der Waals surface area contributed by atoms with Crippen molar-refractivity contribution in [3.05, 3.63) is 70.8 Å². The molecule has 0 saturated carbocycles. The normalized spacial score (nSPS) is 12.2. The molecule has 0 aliphatic rings. The number of hydrogen-bond donors (Lipinski definition) is 0. The SMILES string of the molecule is CCCCCCCC(CCCCCCC)OC(=O)CCCC(CCCC(=O)OC(CCc1ccc(C)cc1)CCc1ccc(C)cc1)CCCN(C)C. The zero-order chi connectivity index (χ0) is 38.5. The molecule has 0 aliphatic carbocycles. The number of esters is 2. The van der Waals surface area contributed by atoms with E-state index in [1.165, 1.54) is 73.6 Å². The third kappa shape index (κ3) is 24.4. The maximum atomic E-state index is 13.2. The van der Waals surface area contributed by atoms with Crippen molar-refractivity contribution < 1.29 is 19.1 Å². The molecule has 0 N–H and O–H groups in total. The molecule has 0 amide bonds. The van der Waals surface area contributed by atoms with Gasteiger partial charge in [-0.1, -0.05) is 125 Å². The molecule has 300 valence electrons. The van der Waals surface area contributed by atoms with Crippen LogP contribution >= 0.6 is 0 Å². The summed E-state index contributed by atoms with van der Waals surface area (Å²) in [5.74, 6) is 0.409. The minimum absolute atomic E-state index is 0.0185. The van der Waals surface area contributed by atoms with Crippen molar-refractivity contribution in [2.24, 2.45) is 5.92 Å². The van der Waals surface area contributed by atoms with Crippen LogP contribution < -0.4 is 0 Å². The van der Waals surface area contributed by atoms with Gasteiger partial charge in [-0.15, -0.1) is 0 Å². The van der Waals surface area contributed by atoms with Gasteiger partial charge in [0.1, 0.15) is 12.2 Å². The fraction of sp³-hybridized carbons (Fsp3) is 0.708. The van der Waals surface area contributed by atoms with E-state index < -0.39 is 0 Å². The Kier molecular flexibility index (Phi) is 26.0. The van der Waals surface area contributed by atoms with E-state index in [2.05, 4.69) is 95.2 Å². The lowest BCUT2D eigenvalue weighted by Gasteiger charge is -2.21. The number of rotatable bonds is 32. The van der Waals surface area contributed by atoms with Crippen molar-refractivity contribution in [1.29, 1.82) is 0 Å². The van der Waals surface area contributed by atoms with E-state index in [0.717, 1.165) is 96.4 Å². The first-order chi connectivity index (χ1) is 25.7. The molecule has 0 heterocycles. The summed E-state index contributed by atoms with van der Waals surface area (Å²) in [6.07, 6.45) is 24.8. The maximum absolute atomic E-state index is 13.2. The fourth-order valence-corrected chi connectivity index (χ4v) is 7.33.